The molecule has 20 heavy (non-hydrogen) atoms. The van der Waals surface area contributed by atoms with Gasteiger partial charge in [-0.2, -0.15) is 0 Å². The van der Waals surface area contributed by atoms with E-state index in [0.717, 1.165) is 22.3 Å². The number of benzene rings is 2. The third-order valence-corrected chi connectivity index (χ3v) is 3.20. The van der Waals surface area contributed by atoms with Crippen LogP contribution < -0.4 is 0 Å². The fourth-order valence-corrected chi connectivity index (χ4v) is 2.41. The highest BCUT2D eigenvalue weighted by atomic mass is 127. The quantitative estimate of drug-likeness (QED) is 0.432. The minimum atomic E-state index is 0. The molecule has 0 spiro atoms. The molecule has 4 rings (SSSR count). The van der Waals surface area contributed by atoms with Gasteiger partial charge in [-0.05, 0) is 36.8 Å². The first kappa shape index (κ1) is 14.8. The summed E-state index contributed by atoms with van der Waals surface area (Å²) in [6, 6.07) is 14.6. The number of rotatable bonds is 0. The maximum atomic E-state index is 4.60. The Morgan fingerprint density at radius 3 is 2.55 bits per heavy atom. The highest BCUT2D eigenvalue weighted by Crippen LogP contribution is 2.23. The van der Waals surface area contributed by atoms with E-state index in [4.69, 9.17) is 0 Å². The van der Waals surface area contributed by atoms with Gasteiger partial charge in [0.15, 0.2) is 0 Å². The van der Waals surface area contributed by atoms with Gasteiger partial charge in [-0.15, -0.1) is 24.0 Å². The standard InChI is InChI=1S/C14H11N3.C2H6.HI/c1-9-6-7-11-13(8-9)17-12-5-3-2-4-10(12)15-14(17)16-11;1-2;/h2-8H,1H3,(H,15,16);1-2H3;1H. The number of nitrogens with one attached hydrogen (secondary N) is 1. The van der Waals surface area contributed by atoms with Gasteiger partial charge in [-0.3, -0.25) is 4.40 Å². The zero-order chi connectivity index (χ0) is 13.4. The number of para-hydroxylation sites is 2. The van der Waals surface area contributed by atoms with Gasteiger partial charge in [0, 0.05) is 0 Å². The van der Waals surface area contributed by atoms with Crippen LogP contribution >= 0.6 is 24.0 Å². The predicted octanol–water partition coefficient (Wildman–Crippen LogP) is 4.92. The average molecular weight is 379 g/mol. The van der Waals surface area contributed by atoms with E-state index < -0.39 is 0 Å². The molecule has 1 N–H and O–H groups in total. The molecule has 0 aliphatic heterocycles. The van der Waals surface area contributed by atoms with E-state index in [1.165, 1.54) is 11.1 Å². The summed E-state index contributed by atoms with van der Waals surface area (Å²) in [7, 11) is 0. The van der Waals surface area contributed by atoms with Gasteiger partial charge < -0.3 is 4.98 Å². The molecule has 4 aromatic rings. The lowest BCUT2D eigenvalue weighted by Gasteiger charge is -1.95. The first-order chi connectivity index (χ1) is 9.33. The number of fused-ring (bicyclic) bond motifs is 5. The van der Waals surface area contributed by atoms with Gasteiger partial charge >= 0.3 is 0 Å². The Bertz CT molecular complexity index is 858. The molecule has 0 fully saturated rings. The molecule has 0 saturated carbocycles. The summed E-state index contributed by atoms with van der Waals surface area (Å²) in [4.78, 5) is 7.94. The molecule has 0 amide bonds. The van der Waals surface area contributed by atoms with Crippen molar-refractivity contribution in [3.63, 3.8) is 0 Å². The SMILES string of the molecule is CC.Cc1ccc2nc3[nH]c4ccccc4n3c2c1.I. The van der Waals surface area contributed by atoms with Crippen molar-refractivity contribution in [2.75, 3.05) is 0 Å². The van der Waals surface area contributed by atoms with Crippen LogP contribution in [0.15, 0.2) is 42.5 Å². The van der Waals surface area contributed by atoms with E-state index in [1.807, 2.05) is 19.9 Å². The number of H-pyrrole nitrogens is 1. The molecule has 4 heteroatoms. The van der Waals surface area contributed by atoms with Crippen LogP contribution in [-0.4, -0.2) is 14.4 Å². The van der Waals surface area contributed by atoms with Crippen molar-refractivity contribution in [1.82, 2.24) is 14.4 Å². The van der Waals surface area contributed by atoms with Crippen molar-refractivity contribution in [3.05, 3.63) is 48.0 Å². The molecular formula is C16H18IN3. The predicted molar refractivity (Wildman–Crippen MR) is 96.1 cm³/mol. The Hall–Kier alpha value is -1.56. The highest BCUT2D eigenvalue weighted by Gasteiger charge is 2.09. The lowest BCUT2D eigenvalue weighted by atomic mass is 10.2. The van der Waals surface area contributed by atoms with E-state index in [-0.39, 0.29) is 24.0 Å². The molecule has 104 valence electrons. The third-order valence-electron chi connectivity index (χ3n) is 3.20. The van der Waals surface area contributed by atoms with Gasteiger partial charge in [0.2, 0.25) is 5.78 Å². The smallest absolute Gasteiger partial charge is 0.213 e. The number of hydrogen-bond donors (Lipinski definition) is 1. The largest absolute Gasteiger partial charge is 0.323 e. The summed E-state index contributed by atoms with van der Waals surface area (Å²) in [5.74, 6) is 0.909. The molecule has 2 aromatic carbocycles. The van der Waals surface area contributed by atoms with Gasteiger partial charge in [-0.1, -0.05) is 32.0 Å². The maximum absolute atomic E-state index is 4.60. The Balaban J connectivity index is 0.000000471. The van der Waals surface area contributed by atoms with Crippen LogP contribution in [-0.2, 0) is 0 Å². The van der Waals surface area contributed by atoms with Crippen molar-refractivity contribution >= 4 is 51.8 Å². The van der Waals surface area contributed by atoms with Gasteiger partial charge in [0.05, 0.1) is 22.1 Å². The fraction of sp³-hybridized carbons (Fsp3) is 0.188. The zero-order valence-electron chi connectivity index (χ0n) is 11.8. The van der Waals surface area contributed by atoms with Gasteiger partial charge in [0.1, 0.15) is 0 Å². The molecule has 0 aliphatic rings. The van der Waals surface area contributed by atoms with Crippen LogP contribution in [0.25, 0.3) is 27.8 Å². The van der Waals surface area contributed by atoms with E-state index in [1.54, 1.807) is 0 Å². The van der Waals surface area contributed by atoms with E-state index in [9.17, 15) is 0 Å². The summed E-state index contributed by atoms with van der Waals surface area (Å²) in [6.07, 6.45) is 0. The molecule has 0 atom stereocenters. The first-order valence-corrected chi connectivity index (χ1v) is 6.68. The van der Waals surface area contributed by atoms with E-state index in [2.05, 4.69) is 57.7 Å². The Labute approximate surface area is 135 Å². The molecule has 2 heterocycles. The van der Waals surface area contributed by atoms with Crippen molar-refractivity contribution in [2.24, 2.45) is 0 Å². The number of aryl methyl sites for hydroxylation is 1. The van der Waals surface area contributed by atoms with Crippen molar-refractivity contribution < 1.29 is 0 Å². The number of imidazole rings is 2. The van der Waals surface area contributed by atoms with Crippen LogP contribution in [0.2, 0.25) is 0 Å². The number of hydrogen-bond acceptors (Lipinski definition) is 1. The normalized spacial score (nSPS) is 10.3. The summed E-state index contributed by atoms with van der Waals surface area (Å²) in [6.45, 7) is 6.10. The number of aromatic nitrogens is 3. The second kappa shape index (κ2) is 5.83. The minimum absolute atomic E-state index is 0. The molecule has 0 unspecified atom stereocenters. The van der Waals surface area contributed by atoms with Crippen LogP contribution in [0, 0.1) is 6.92 Å². The van der Waals surface area contributed by atoms with E-state index in [0.29, 0.717) is 0 Å². The fourth-order valence-electron chi connectivity index (χ4n) is 2.41. The summed E-state index contributed by atoms with van der Waals surface area (Å²) < 4.78 is 2.18. The van der Waals surface area contributed by atoms with Crippen molar-refractivity contribution in [2.45, 2.75) is 20.8 Å². The Morgan fingerprint density at radius 1 is 1.00 bits per heavy atom. The number of aromatic amines is 1. The lowest BCUT2D eigenvalue weighted by Crippen LogP contribution is -1.80. The molecule has 0 radical (unpaired) electrons. The van der Waals surface area contributed by atoms with Crippen molar-refractivity contribution in [1.29, 1.82) is 0 Å². The Kier molecular flexibility index (Phi) is 4.32. The van der Waals surface area contributed by atoms with Gasteiger partial charge in [-0.25, -0.2) is 4.98 Å². The van der Waals surface area contributed by atoms with Gasteiger partial charge in [0.25, 0.3) is 0 Å². The van der Waals surface area contributed by atoms with Crippen LogP contribution in [0.5, 0.6) is 0 Å². The number of nitrogens with zero attached hydrogens (tertiary/aromatic N) is 2. The summed E-state index contributed by atoms with van der Waals surface area (Å²) >= 11 is 0. The van der Waals surface area contributed by atoms with Crippen LogP contribution in [0.3, 0.4) is 0 Å². The lowest BCUT2D eigenvalue weighted by molar-refractivity contribution is 1.28. The third kappa shape index (κ3) is 2.18. The topological polar surface area (TPSA) is 33.1 Å². The van der Waals surface area contributed by atoms with Crippen molar-refractivity contribution in [3.8, 4) is 0 Å². The molecular weight excluding hydrogens is 361 g/mol. The zero-order valence-corrected chi connectivity index (χ0v) is 14.2. The minimum Gasteiger partial charge on any atom is -0.323 e. The van der Waals surface area contributed by atoms with Crippen LogP contribution in [0.4, 0.5) is 0 Å². The molecule has 2 aromatic heterocycles. The monoisotopic (exact) mass is 379 g/mol. The molecule has 0 saturated heterocycles. The summed E-state index contributed by atoms with van der Waals surface area (Å²) in [5, 5.41) is 0. The van der Waals surface area contributed by atoms with E-state index >= 15 is 0 Å². The molecule has 0 bridgehead atoms. The maximum Gasteiger partial charge on any atom is 0.213 e. The van der Waals surface area contributed by atoms with Crippen LogP contribution in [0.1, 0.15) is 19.4 Å². The molecule has 0 aliphatic carbocycles. The average Bonchev–Trinajstić information content (AvgIpc) is 2.96. The number of halogens is 1. The highest BCUT2D eigenvalue weighted by molar-refractivity contribution is 14.0. The molecule has 3 nitrogen and oxygen atoms in total. The Morgan fingerprint density at radius 2 is 1.75 bits per heavy atom. The second-order valence-corrected chi connectivity index (χ2v) is 4.41. The second-order valence-electron chi connectivity index (χ2n) is 4.41. The first-order valence-electron chi connectivity index (χ1n) is 6.68. The summed E-state index contributed by atoms with van der Waals surface area (Å²) in [5.41, 5.74) is 5.75.